The summed E-state index contributed by atoms with van der Waals surface area (Å²) in [6, 6.07) is 27.7. The predicted octanol–water partition coefficient (Wildman–Crippen LogP) is 5.68. The van der Waals surface area contributed by atoms with Gasteiger partial charge in [-0.1, -0.05) is 66.7 Å². The number of hydrogen-bond donors (Lipinski definition) is 1. The Morgan fingerprint density at radius 3 is 2.59 bits per heavy atom. The lowest BCUT2D eigenvalue weighted by molar-refractivity contribution is -0.128. The van der Waals surface area contributed by atoms with E-state index in [4.69, 9.17) is 9.84 Å². The Morgan fingerprint density at radius 1 is 1.00 bits per heavy atom. The summed E-state index contributed by atoms with van der Waals surface area (Å²) >= 11 is 0. The minimum Gasteiger partial charge on any atom is -0.385 e. The number of carbonyl (C=O) groups excluding carboxylic acids is 1. The Labute approximate surface area is 230 Å². The van der Waals surface area contributed by atoms with Crippen LogP contribution in [-0.4, -0.2) is 53.4 Å². The lowest BCUT2D eigenvalue weighted by Crippen LogP contribution is -2.39. The van der Waals surface area contributed by atoms with Crippen LogP contribution in [0.25, 0.3) is 27.6 Å². The fourth-order valence-electron chi connectivity index (χ4n) is 5.65. The van der Waals surface area contributed by atoms with Crippen LogP contribution in [0.15, 0.2) is 84.4 Å². The molecule has 1 amide bonds. The predicted molar refractivity (Wildman–Crippen MR) is 156 cm³/mol. The van der Waals surface area contributed by atoms with Crippen molar-refractivity contribution in [3.8, 4) is 11.1 Å². The van der Waals surface area contributed by atoms with Gasteiger partial charge < -0.3 is 15.0 Å². The van der Waals surface area contributed by atoms with E-state index in [2.05, 4.69) is 87.7 Å². The average molecular weight is 521 g/mol. The maximum absolute atomic E-state index is 14.3. The van der Waals surface area contributed by atoms with Crippen molar-refractivity contribution in [3.63, 3.8) is 0 Å². The third-order valence-electron chi connectivity index (χ3n) is 7.82. The van der Waals surface area contributed by atoms with Gasteiger partial charge in [0.2, 0.25) is 0 Å². The van der Waals surface area contributed by atoms with Gasteiger partial charge in [-0.15, -0.1) is 0 Å². The molecule has 2 aliphatic rings. The molecule has 1 aliphatic carbocycles. The largest absolute Gasteiger partial charge is 0.385 e. The third-order valence-corrected chi connectivity index (χ3v) is 7.82. The van der Waals surface area contributed by atoms with E-state index in [0.717, 1.165) is 72.1 Å². The number of benzene rings is 3. The van der Waals surface area contributed by atoms with Crippen LogP contribution in [0.1, 0.15) is 36.9 Å². The number of ether oxygens (including phenoxy) is 1. The Hall–Kier alpha value is -3.74. The summed E-state index contributed by atoms with van der Waals surface area (Å²) in [4.78, 5) is 16.3. The van der Waals surface area contributed by atoms with Gasteiger partial charge in [-0.3, -0.25) is 9.48 Å². The molecular formula is C33H36N4O2. The number of aryl methyl sites for hydroxylation is 1. The molecule has 1 aliphatic heterocycles. The van der Waals surface area contributed by atoms with Gasteiger partial charge in [0.05, 0.1) is 17.8 Å². The number of hydrogen-bond acceptors (Lipinski definition) is 4. The van der Waals surface area contributed by atoms with Crippen LogP contribution in [0.3, 0.4) is 0 Å². The topological polar surface area (TPSA) is 59.4 Å². The highest BCUT2D eigenvalue weighted by molar-refractivity contribution is 6.02. The fourth-order valence-corrected chi connectivity index (χ4v) is 5.65. The highest BCUT2D eigenvalue weighted by Crippen LogP contribution is 2.34. The number of fused-ring (bicyclic) bond motifs is 1. The molecule has 0 saturated heterocycles. The molecule has 200 valence electrons. The van der Waals surface area contributed by atoms with Gasteiger partial charge in [0.15, 0.2) is 0 Å². The van der Waals surface area contributed by atoms with E-state index in [1.165, 1.54) is 11.1 Å². The number of aromatic nitrogens is 2. The molecule has 6 nitrogen and oxygen atoms in total. The summed E-state index contributed by atoms with van der Waals surface area (Å²) in [7, 11) is 1.73. The summed E-state index contributed by atoms with van der Waals surface area (Å²) in [5.74, 6) is 0.142. The van der Waals surface area contributed by atoms with Crippen LogP contribution < -0.4 is 5.32 Å². The Kier molecular flexibility index (Phi) is 7.57. The maximum Gasteiger partial charge on any atom is 0.251 e. The molecule has 0 bridgehead atoms. The van der Waals surface area contributed by atoms with Crippen molar-refractivity contribution in [2.75, 3.05) is 26.8 Å². The molecule has 2 heterocycles. The van der Waals surface area contributed by atoms with Crippen LogP contribution in [0.4, 0.5) is 0 Å². The van der Waals surface area contributed by atoms with Crippen molar-refractivity contribution in [3.05, 3.63) is 95.7 Å². The second kappa shape index (κ2) is 11.6. The molecule has 1 aromatic heterocycles. The second-order valence-electron chi connectivity index (χ2n) is 10.5. The molecule has 0 radical (unpaired) electrons. The minimum atomic E-state index is 0.142. The van der Waals surface area contributed by atoms with E-state index in [9.17, 15) is 4.79 Å². The van der Waals surface area contributed by atoms with Crippen LogP contribution >= 0.6 is 0 Å². The third kappa shape index (κ3) is 5.54. The summed E-state index contributed by atoms with van der Waals surface area (Å²) in [5.41, 5.74) is 7.65. The Bertz CT molecular complexity index is 1490. The van der Waals surface area contributed by atoms with Gasteiger partial charge in [0.1, 0.15) is 0 Å². The quantitative estimate of drug-likeness (QED) is 0.274. The van der Waals surface area contributed by atoms with Crippen molar-refractivity contribution in [1.29, 1.82) is 0 Å². The summed E-state index contributed by atoms with van der Waals surface area (Å²) in [5, 5.41) is 9.59. The number of amides is 1. The summed E-state index contributed by atoms with van der Waals surface area (Å²) in [6.45, 7) is 3.50. The molecule has 6 heteroatoms. The van der Waals surface area contributed by atoms with Gasteiger partial charge >= 0.3 is 0 Å². The van der Waals surface area contributed by atoms with Crippen molar-refractivity contribution in [2.45, 2.75) is 44.8 Å². The number of para-hydroxylation sites is 1. The van der Waals surface area contributed by atoms with Crippen LogP contribution in [0, 0.1) is 0 Å². The lowest BCUT2D eigenvalue weighted by Gasteiger charge is -2.28. The Balaban J connectivity index is 1.32. The van der Waals surface area contributed by atoms with Gasteiger partial charge in [-0.25, -0.2) is 0 Å². The highest BCUT2D eigenvalue weighted by Gasteiger charge is 2.36. The molecule has 4 aromatic rings. The molecule has 3 aromatic carbocycles. The highest BCUT2D eigenvalue weighted by atomic mass is 16.5. The zero-order valence-electron chi connectivity index (χ0n) is 22.6. The zero-order chi connectivity index (χ0) is 26.6. The smallest absolute Gasteiger partial charge is 0.251 e. The summed E-state index contributed by atoms with van der Waals surface area (Å²) in [6.07, 6.45) is 3.85. The molecule has 6 rings (SSSR count). The minimum absolute atomic E-state index is 0.142. The van der Waals surface area contributed by atoms with Crippen LogP contribution in [0.5, 0.6) is 0 Å². The first kappa shape index (κ1) is 25.5. The van der Waals surface area contributed by atoms with Crippen LogP contribution in [0.2, 0.25) is 0 Å². The first-order valence-corrected chi connectivity index (χ1v) is 14.1. The molecule has 1 N–H and O–H groups in total. The van der Waals surface area contributed by atoms with E-state index in [1.807, 2.05) is 6.07 Å². The van der Waals surface area contributed by atoms with Crippen molar-refractivity contribution < 1.29 is 9.53 Å². The molecule has 39 heavy (non-hydrogen) atoms. The van der Waals surface area contributed by atoms with E-state index in [1.54, 1.807) is 7.11 Å². The molecular weight excluding hydrogens is 484 g/mol. The monoisotopic (exact) mass is 520 g/mol. The molecule has 0 unspecified atom stereocenters. The van der Waals surface area contributed by atoms with Gasteiger partial charge in [0, 0.05) is 43.8 Å². The molecule has 0 atom stereocenters. The van der Waals surface area contributed by atoms with E-state index in [0.29, 0.717) is 19.7 Å². The van der Waals surface area contributed by atoms with E-state index < -0.39 is 0 Å². The standard InChI is InChI=1S/C33H36N4O2/c1-39-20-8-19-37-32-14-6-5-13-29(32)31(35-37)23-36(27-15-16-27)33(38)30-22-34-18-17-28(30)26-12-7-11-25(21-26)24-9-3-2-4-10-24/h2-7,9-14,21,27,34H,8,15-20,22-23H2,1H3. The molecule has 0 spiro atoms. The van der Waals surface area contributed by atoms with Crippen LogP contribution in [-0.2, 0) is 22.6 Å². The first-order valence-electron chi connectivity index (χ1n) is 14.1. The second-order valence-corrected chi connectivity index (χ2v) is 10.5. The van der Waals surface area contributed by atoms with E-state index >= 15 is 0 Å². The zero-order valence-corrected chi connectivity index (χ0v) is 22.6. The van der Waals surface area contributed by atoms with Gasteiger partial charge in [0.25, 0.3) is 5.91 Å². The van der Waals surface area contributed by atoms with Crippen molar-refractivity contribution in [2.24, 2.45) is 0 Å². The SMILES string of the molecule is COCCCn1nc(CN(C(=O)C2=C(c3cccc(-c4ccccc4)c3)CCNC2)C2CC2)c2ccccc21. The number of nitrogens with zero attached hydrogens (tertiary/aromatic N) is 3. The normalized spacial score (nSPS) is 15.6. The van der Waals surface area contributed by atoms with Gasteiger partial charge in [-0.2, -0.15) is 5.10 Å². The number of methoxy groups -OCH3 is 1. The number of carbonyl (C=O) groups is 1. The van der Waals surface area contributed by atoms with Gasteiger partial charge in [-0.05, 0) is 66.6 Å². The van der Waals surface area contributed by atoms with Crippen molar-refractivity contribution in [1.82, 2.24) is 20.0 Å². The number of rotatable bonds is 10. The fraction of sp³-hybridized carbons (Fsp3) is 0.333. The maximum atomic E-state index is 14.3. The van der Waals surface area contributed by atoms with Crippen molar-refractivity contribution >= 4 is 22.4 Å². The average Bonchev–Trinajstić information content (AvgIpc) is 3.78. The molecule has 1 saturated carbocycles. The number of nitrogens with one attached hydrogen (secondary N) is 1. The lowest BCUT2D eigenvalue weighted by atomic mass is 9.91. The van der Waals surface area contributed by atoms with E-state index in [-0.39, 0.29) is 11.9 Å². The first-order chi connectivity index (χ1) is 19.2. The summed E-state index contributed by atoms with van der Waals surface area (Å²) < 4.78 is 7.33. The Morgan fingerprint density at radius 2 is 1.77 bits per heavy atom. The molecule has 1 fully saturated rings.